The summed E-state index contributed by atoms with van der Waals surface area (Å²) in [6.07, 6.45) is 1.28. The number of carbonyl (C=O) groups excluding carboxylic acids is 2. The quantitative estimate of drug-likeness (QED) is 0.476. The Labute approximate surface area is 212 Å². The molecule has 188 valence electrons. The van der Waals surface area contributed by atoms with Crippen LogP contribution in [0.25, 0.3) is 11.1 Å². The van der Waals surface area contributed by atoms with Crippen LogP contribution in [-0.4, -0.2) is 49.4 Å². The van der Waals surface area contributed by atoms with Crippen molar-refractivity contribution in [1.29, 1.82) is 0 Å². The van der Waals surface area contributed by atoms with Gasteiger partial charge in [0.05, 0.1) is 0 Å². The van der Waals surface area contributed by atoms with Gasteiger partial charge in [0.2, 0.25) is 0 Å². The highest BCUT2D eigenvalue weighted by molar-refractivity contribution is 5.82. The van der Waals surface area contributed by atoms with E-state index in [1.165, 1.54) is 0 Å². The molecule has 0 saturated carbocycles. The molecule has 0 radical (unpaired) electrons. The molecule has 3 aromatic rings. The minimum absolute atomic E-state index is 0.0639. The first-order valence-electron chi connectivity index (χ1n) is 12.1. The van der Waals surface area contributed by atoms with Crippen LogP contribution >= 0.6 is 0 Å². The molecule has 1 amide bonds. The van der Waals surface area contributed by atoms with E-state index in [2.05, 4.69) is 34.6 Å². The Morgan fingerprint density at radius 1 is 1.00 bits per heavy atom. The second kappa shape index (κ2) is 10.4. The summed E-state index contributed by atoms with van der Waals surface area (Å²) in [5, 5.41) is 2.74. The molecule has 0 saturated heterocycles. The molecule has 0 fully saturated rings. The lowest BCUT2D eigenvalue weighted by molar-refractivity contribution is -0.157. The Bertz CT molecular complexity index is 1200. The number of carbonyl (C=O) groups is 2. The maximum absolute atomic E-state index is 13.0. The number of hydrogen-bond acceptors (Lipinski definition) is 6. The SMILES string of the molecule is CN(C)c1cc(CC(NC(=O)OCC2c3ccccc3-c3ccccc32)C(=O)OC(C)(C)C)ccn1. The third kappa shape index (κ3) is 5.85. The average molecular weight is 488 g/mol. The van der Waals surface area contributed by atoms with Gasteiger partial charge in [0.25, 0.3) is 0 Å². The first kappa shape index (κ1) is 25.2. The maximum atomic E-state index is 13.0. The minimum Gasteiger partial charge on any atom is -0.458 e. The lowest BCUT2D eigenvalue weighted by atomic mass is 9.98. The number of pyridine rings is 1. The van der Waals surface area contributed by atoms with Crippen molar-refractivity contribution in [3.05, 3.63) is 83.6 Å². The number of nitrogens with one attached hydrogen (secondary N) is 1. The van der Waals surface area contributed by atoms with E-state index in [1.807, 2.05) is 55.4 Å². The summed E-state index contributed by atoms with van der Waals surface area (Å²) in [5.41, 5.74) is 4.73. The topological polar surface area (TPSA) is 80.8 Å². The highest BCUT2D eigenvalue weighted by Gasteiger charge is 2.31. The molecule has 1 unspecified atom stereocenters. The Hall–Kier alpha value is -3.87. The molecule has 1 aliphatic rings. The second-order valence-electron chi connectivity index (χ2n) is 10.2. The molecule has 4 rings (SSSR count). The molecule has 7 heteroatoms. The van der Waals surface area contributed by atoms with E-state index in [0.717, 1.165) is 33.6 Å². The summed E-state index contributed by atoms with van der Waals surface area (Å²) < 4.78 is 11.3. The summed E-state index contributed by atoms with van der Waals surface area (Å²) in [6, 6.07) is 19.1. The van der Waals surface area contributed by atoms with Crippen molar-refractivity contribution in [2.24, 2.45) is 0 Å². The third-order valence-electron chi connectivity index (χ3n) is 6.03. The predicted octanol–water partition coefficient (Wildman–Crippen LogP) is 4.94. The lowest BCUT2D eigenvalue weighted by Crippen LogP contribution is -2.46. The summed E-state index contributed by atoms with van der Waals surface area (Å²) in [5.74, 6) is 0.182. The van der Waals surface area contributed by atoms with Crippen LogP contribution in [0.5, 0.6) is 0 Å². The number of benzene rings is 2. The number of nitrogens with zero attached hydrogens (tertiary/aromatic N) is 2. The Balaban J connectivity index is 1.48. The zero-order valence-corrected chi connectivity index (χ0v) is 21.4. The summed E-state index contributed by atoms with van der Waals surface area (Å²) in [7, 11) is 3.79. The maximum Gasteiger partial charge on any atom is 0.407 e. The minimum atomic E-state index is -0.905. The number of hydrogen-bond donors (Lipinski definition) is 1. The average Bonchev–Trinajstić information content (AvgIpc) is 3.15. The molecule has 36 heavy (non-hydrogen) atoms. The van der Waals surface area contributed by atoms with Crippen molar-refractivity contribution < 1.29 is 19.1 Å². The monoisotopic (exact) mass is 487 g/mol. The number of aromatic nitrogens is 1. The summed E-state index contributed by atoms with van der Waals surface area (Å²) >= 11 is 0. The van der Waals surface area contributed by atoms with Crippen LogP contribution in [0.4, 0.5) is 10.6 Å². The van der Waals surface area contributed by atoms with Gasteiger partial charge in [-0.25, -0.2) is 14.6 Å². The smallest absolute Gasteiger partial charge is 0.407 e. The standard InChI is InChI=1S/C29H33N3O4/c1-29(2,3)36-27(33)25(16-19-14-15-30-26(17-19)32(4)5)31-28(34)35-18-24-22-12-8-6-10-20(22)21-11-7-9-13-23(21)24/h6-15,17,24-25H,16,18H2,1-5H3,(H,31,34). The molecule has 0 bridgehead atoms. The number of anilines is 1. The van der Waals surface area contributed by atoms with Crippen molar-refractivity contribution in [3.63, 3.8) is 0 Å². The van der Waals surface area contributed by atoms with E-state index in [9.17, 15) is 9.59 Å². The first-order chi connectivity index (χ1) is 17.1. The number of esters is 1. The van der Waals surface area contributed by atoms with E-state index in [0.29, 0.717) is 0 Å². The molecule has 2 aromatic carbocycles. The predicted molar refractivity (Wildman–Crippen MR) is 140 cm³/mol. The number of rotatable bonds is 7. The summed E-state index contributed by atoms with van der Waals surface area (Å²) in [4.78, 5) is 32.1. The number of amides is 1. The third-order valence-corrected chi connectivity index (χ3v) is 6.03. The van der Waals surface area contributed by atoms with Crippen molar-refractivity contribution in [3.8, 4) is 11.1 Å². The van der Waals surface area contributed by atoms with Crippen LogP contribution in [0.1, 0.15) is 43.4 Å². The van der Waals surface area contributed by atoms with Gasteiger partial charge >= 0.3 is 12.1 Å². The number of ether oxygens (including phenoxy) is 2. The fourth-order valence-corrected chi connectivity index (χ4v) is 4.42. The highest BCUT2D eigenvalue weighted by atomic mass is 16.6. The van der Waals surface area contributed by atoms with Crippen LogP contribution in [0.3, 0.4) is 0 Å². The Morgan fingerprint density at radius 2 is 1.61 bits per heavy atom. The zero-order chi connectivity index (χ0) is 25.9. The van der Waals surface area contributed by atoms with Gasteiger partial charge in [-0.1, -0.05) is 48.5 Å². The molecular formula is C29H33N3O4. The Morgan fingerprint density at radius 3 is 2.19 bits per heavy atom. The normalized spacial score (nSPS) is 13.4. The van der Waals surface area contributed by atoms with Gasteiger partial charge in [0.1, 0.15) is 24.1 Å². The van der Waals surface area contributed by atoms with E-state index in [4.69, 9.17) is 9.47 Å². The molecule has 0 spiro atoms. The molecule has 1 heterocycles. The van der Waals surface area contributed by atoms with E-state index in [1.54, 1.807) is 27.0 Å². The van der Waals surface area contributed by atoms with Crippen molar-refractivity contribution in [1.82, 2.24) is 10.3 Å². The lowest BCUT2D eigenvalue weighted by Gasteiger charge is -2.25. The van der Waals surface area contributed by atoms with Gasteiger partial charge in [-0.2, -0.15) is 0 Å². The second-order valence-corrected chi connectivity index (χ2v) is 10.2. The van der Waals surface area contributed by atoms with Crippen LogP contribution in [0.2, 0.25) is 0 Å². The van der Waals surface area contributed by atoms with Gasteiger partial charge in [-0.3, -0.25) is 0 Å². The van der Waals surface area contributed by atoms with Gasteiger partial charge in [0, 0.05) is 32.6 Å². The van der Waals surface area contributed by atoms with Crippen molar-refractivity contribution in [2.75, 3.05) is 25.6 Å². The van der Waals surface area contributed by atoms with E-state index in [-0.39, 0.29) is 18.9 Å². The summed E-state index contributed by atoms with van der Waals surface area (Å²) in [6.45, 7) is 5.56. The number of fused-ring (bicyclic) bond motifs is 3. The van der Waals surface area contributed by atoms with E-state index >= 15 is 0 Å². The molecule has 0 aliphatic heterocycles. The fraction of sp³-hybridized carbons (Fsp3) is 0.345. The molecule has 1 aliphatic carbocycles. The largest absolute Gasteiger partial charge is 0.458 e. The molecule has 7 nitrogen and oxygen atoms in total. The molecular weight excluding hydrogens is 454 g/mol. The molecule has 1 N–H and O–H groups in total. The van der Waals surface area contributed by atoms with Crippen molar-refractivity contribution >= 4 is 17.9 Å². The molecule has 1 atom stereocenters. The van der Waals surface area contributed by atoms with Gasteiger partial charge in [-0.15, -0.1) is 0 Å². The highest BCUT2D eigenvalue weighted by Crippen LogP contribution is 2.44. The van der Waals surface area contributed by atoms with Crippen LogP contribution in [0.15, 0.2) is 66.9 Å². The van der Waals surface area contributed by atoms with Crippen molar-refractivity contribution in [2.45, 2.75) is 44.8 Å². The Kier molecular flexibility index (Phi) is 7.29. The van der Waals surface area contributed by atoms with Crippen LogP contribution < -0.4 is 10.2 Å². The fourth-order valence-electron chi connectivity index (χ4n) is 4.42. The van der Waals surface area contributed by atoms with Crippen LogP contribution in [0, 0.1) is 0 Å². The first-order valence-corrected chi connectivity index (χ1v) is 12.1. The van der Waals surface area contributed by atoms with E-state index < -0.39 is 23.7 Å². The van der Waals surface area contributed by atoms with Gasteiger partial charge in [-0.05, 0) is 60.7 Å². The van der Waals surface area contributed by atoms with Gasteiger partial charge < -0.3 is 19.7 Å². The number of alkyl carbamates (subject to hydrolysis) is 1. The van der Waals surface area contributed by atoms with Gasteiger partial charge in [0.15, 0.2) is 0 Å². The van der Waals surface area contributed by atoms with Crippen LogP contribution in [-0.2, 0) is 20.7 Å². The zero-order valence-electron chi connectivity index (χ0n) is 21.4. The molecule has 1 aromatic heterocycles.